The number of halogens is 1. The van der Waals surface area contributed by atoms with Gasteiger partial charge in [-0.1, -0.05) is 15.9 Å². The Bertz CT molecular complexity index is 1100. The van der Waals surface area contributed by atoms with Crippen molar-refractivity contribution in [3.8, 4) is 11.5 Å². The molecule has 9 heteroatoms. The molecule has 0 aromatic heterocycles. The van der Waals surface area contributed by atoms with Crippen LogP contribution in [0.25, 0.3) is 5.70 Å². The summed E-state index contributed by atoms with van der Waals surface area (Å²) in [6.07, 6.45) is 1.48. The van der Waals surface area contributed by atoms with Gasteiger partial charge in [-0.15, -0.1) is 0 Å². The first-order chi connectivity index (χ1) is 16.1. The first-order valence-corrected chi connectivity index (χ1v) is 11.4. The molecule has 0 saturated heterocycles. The average Bonchev–Trinajstić information content (AvgIpc) is 2.95. The predicted molar refractivity (Wildman–Crippen MR) is 126 cm³/mol. The molecule has 1 aliphatic heterocycles. The van der Waals surface area contributed by atoms with Crippen LogP contribution in [-0.4, -0.2) is 58.6 Å². The molecule has 2 aromatic carbocycles. The zero-order valence-corrected chi connectivity index (χ0v) is 19.5. The van der Waals surface area contributed by atoms with Gasteiger partial charge in [-0.25, -0.2) is 0 Å². The van der Waals surface area contributed by atoms with Crippen LogP contribution in [0.5, 0.6) is 11.5 Å². The minimum Gasteiger partial charge on any atom is -0.487 e. The molecule has 0 radical (unpaired) electrons. The van der Waals surface area contributed by atoms with Crippen molar-refractivity contribution in [2.45, 2.75) is 0 Å². The monoisotopic (exact) mass is 517 g/mol. The van der Waals surface area contributed by atoms with Gasteiger partial charge in [0, 0.05) is 33.4 Å². The van der Waals surface area contributed by atoms with Gasteiger partial charge in [-0.3, -0.25) is 9.59 Å². The number of carbonyl (C=O) groups excluding carboxylic acids is 1. The third-order valence-corrected chi connectivity index (χ3v) is 5.37. The lowest BCUT2D eigenvalue weighted by atomic mass is 10.1. The highest BCUT2D eigenvalue weighted by molar-refractivity contribution is 9.10. The van der Waals surface area contributed by atoms with Crippen LogP contribution >= 0.6 is 15.9 Å². The third kappa shape index (κ3) is 6.42. The number of ether oxygens (including phenoxy) is 5. The lowest BCUT2D eigenvalue weighted by Gasteiger charge is -2.15. The number of nitrogens with one attached hydrogen (secondary N) is 1. The number of allylic oxidation sites excluding steroid dienone is 1. The van der Waals surface area contributed by atoms with E-state index in [9.17, 15) is 9.59 Å². The second-order valence-electron chi connectivity index (χ2n) is 7.29. The van der Waals surface area contributed by atoms with Crippen molar-refractivity contribution in [1.82, 2.24) is 0 Å². The van der Waals surface area contributed by atoms with E-state index >= 15 is 0 Å². The molecule has 4 rings (SSSR count). The van der Waals surface area contributed by atoms with Crippen molar-refractivity contribution in [3.63, 3.8) is 0 Å². The third-order valence-electron chi connectivity index (χ3n) is 4.91. The molecular weight excluding hydrogens is 494 g/mol. The molecule has 0 unspecified atom stereocenters. The van der Waals surface area contributed by atoms with Gasteiger partial charge in [0.1, 0.15) is 13.2 Å². The van der Waals surface area contributed by atoms with E-state index in [-0.39, 0.29) is 11.2 Å². The van der Waals surface area contributed by atoms with E-state index in [4.69, 9.17) is 23.7 Å². The molecule has 2 aromatic rings. The predicted octanol–water partition coefficient (Wildman–Crippen LogP) is 3.28. The Morgan fingerprint density at radius 3 is 2.03 bits per heavy atom. The van der Waals surface area contributed by atoms with Crippen molar-refractivity contribution in [1.29, 1.82) is 0 Å². The normalized spacial score (nSPS) is 17.4. The van der Waals surface area contributed by atoms with Crippen LogP contribution in [0.4, 0.5) is 5.69 Å². The minimum atomic E-state index is -0.199. The van der Waals surface area contributed by atoms with Crippen molar-refractivity contribution in [2.24, 2.45) is 0 Å². The fourth-order valence-electron chi connectivity index (χ4n) is 3.41. The topological polar surface area (TPSA) is 92.3 Å². The van der Waals surface area contributed by atoms with Crippen LogP contribution in [0.3, 0.4) is 0 Å². The number of rotatable bonds is 2. The Balaban J connectivity index is 1.53. The summed E-state index contributed by atoms with van der Waals surface area (Å²) in [6.45, 7) is 3.51. The highest BCUT2D eigenvalue weighted by atomic mass is 79.9. The number of hydrogen-bond donors (Lipinski definition) is 1. The maximum absolute atomic E-state index is 12.5. The van der Waals surface area contributed by atoms with E-state index in [1.54, 1.807) is 18.2 Å². The molecular formula is C24H24BrNO7. The Kier molecular flexibility index (Phi) is 8.11. The Labute approximate surface area is 199 Å². The summed E-state index contributed by atoms with van der Waals surface area (Å²) in [5.41, 5.74) is 2.05. The SMILES string of the molecule is O=C1C=C(Nc2ccc3c(c2)OCCOCCOCCOCCO3)c2cc(=O)cc(Br)cc21. The van der Waals surface area contributed by atoms with E-state index in [1.807, 2.05) is 6.07 Å². The molecule has 1 aliphatic carbocycles. The van der Waals surface area contributed by atoms with Crippen LogP contribution in [-0.2, 0) is 14.2 Å². The van der Waals surface area contributed by atoms with Crippen molar-refractivity contribution < 1.29 is 28.5 Å². The average molecular weight is 518 g/mol. The molecule has 0 amide bonds. The molecule has 2 aliphatic rings. The zero-order chi connectivity index (χ0) is 23.0. The number of carbonyl (C=O) groups is 1. The lowest BCUT2D eigenvalue weighted by Crippen LogP contribution is -2.13. The number of hydrogen-bond acceptors (Lipinski definition) is 8. The number of fused-ring (bicyclic) bond motifs is 2. The van der Waals surface area contributed by atoms with E-state index < -0.39 is 0 Å². The molecule has 0 bridgehead atoms. The molecule has 0 atom stereocenters. The maximum atomic E-state index is 12.5. The second-order valence-corrected chi connectivity index (χ2v) is 8.21. The van der Waals surface area contributed by atoms with Crippen molar-refractivity contribution in [3.05, 3.63) is 68.3 Å². The van der Waals surface area contributed by atoms with Crippen molar-refractivity contribution in [2.75, 3.05) is 58.2 Å². The highest BCUT2D eigenvalue weighted by Gasteiger charge is 2.22. The molecule has 0 saturated carbocycles. The summed E-state index contributed by atoms with van der Waals surface area (Å²) in [6, 6.07) is 9.94. The summed E-state index contributed by atoms with van der Waals surface area (Å²) in [4.78, 5) is 24.6. The number of anilines is 1. The van der Waals surface area contributed by atoms with Gasteiger partial charge in [-0.05, 0) is 30.3 Å². The number of ketones is 1. The maximum Gasteiger partial charge on any atom is 0.188 e. The highest BCUT2D eigenvalue weighted by Crippen LogP contribution is 2.34. The second kappa shape index (κ2) is 11.4. The van der Waals surface area contributed by atoms with E-state index in [0.717, 1.165) is 0 Å². The van der Waals surface area contributed by atoms with Crippen LogP contribution in [0.2, 0.25) is 0 Å². The first kappa shape index (κ1) is 23.4. The Morgan fingerprint density at radius 2 is 1.33 bits per heavy atom. The summed E-state index contributed by atoms with van der Waals surface area (Å²) in [5, 5.41) is 3.23. The van der Waals surface area contributed by atoms with Crippen LogP contribution in [0.1, 0.15) is 15.9 Å². The molecule has 174 valence electrons. The lowest BCUT2D eigenvalue weighted by molar-refractivity contribution is 0.00708. The Hall–Kier alpha value is -2.72. The molecule has 33 heavy (non-hydrogen) atoms. The molecule has 1 heterocycles. The van der Waals surface area contributed by atoms with Crippen molar-refractivity contribution >= 4 is 33.1 Å². The van der Waals surface area contributed by atoms with Gasteiger partial charge < -0.3 is 29.0 Å². The van der Waals surface area contributed by atoms with Gasteiger partial charge >= 0.3 is 0 Å². The van der Waals surface area contributed by atoms with Gasteiger partial charge in [0.25, 0.3) is 0 Å². The van der Waals surface area contributed by atoms with Gasteiger partial charge in [0.15, 0.2) is 22.7 Å². The van der Waals surface area contributed by atoms with Crippen LogP contribution in [0, 0.1) is 0 Å². The van der Waals surface area contributed by atoms with E-state index in [1.165, 1.54) is 18.2 Å². The summed E-state index contributed by atoms with van der Waals surface area (Å²) in [5.74, 6) is 0.939. The molecule has 0 spiro atoms. The van der Waals surface area contributed by atoms with Gasteiger partial charge in [-0.2, -0.15) is 0 Å². The van der Waals surface area contributed by atoms with Gasteiger partial charge in [0.05, 0.1) is 45.3 Å². The minimum absolute atomic E-state index is 0.168. The summed E-state index contributed by atoms with van der Waals surface area (Å²) < 4.78 is 28.7. The largest absolute Gasteiger partial charge is 0.487 e. The van der Waals surface area contributed by atoms with Crippen LogP contribution < -0.4 is 20.2 Å². The fourth-order valence-corrected chi connectivity index (χ4v) is 3.86. The quantitative estimate of drug-likeness (QED) is 0.648. The summed E-state index contributed by atoms with van der Waals surface area (Å²) >= 11 is 3.30. The van der Waals surface area contributed by atoms with Crippen LogP contribution in [0.15, 0.2) is 51.7 Å². The summed E-state index contributed by atoms with van der Waals surface area (Å²) in [7, 11) is 0. The molecule has 1 N–H and O–H groups in total. The molecule has 0 fully saturated rings. The zero-order valence-electron chi connectivity index (χ0n) is 17.9. The smallest absolute Gasteiger partial charge is 0.188 e. The number of benzene rings is 1. The van der Waals surface area contributed by atoms with E-state index in [0.29, 0.717) is 91.3 Å². The van der Waals surface area contributed by atoms with E-state index in [2.05, 4.69) is 21.2 Å². The van der Waals surface area contributed by atoms with Gasteiger partial charge in [0.2, 0.25) is 0 Å². The first-order valence-electron chi connectivity index (χ1n) is 10.6. The standard InChI is InChI=1S/C24H24BrNO7/c25-16-11-18(27)14-19-20(12-16)22(28)15-21(19)26-17-1-2-23-24(13-17)33-10-8-31-6-4-29-3-5-30-7-9-32-23/h1-2,11-15,26H,3-10H2. The molecule has 8 nitrogen and oxygen atoms in total. The fraction of sp³-hybridized carbons (Fsp3) is 0.333. The Morgan fingerprint density at radius 1 is 0.697 bits per heavy atom.